The zero-order valence-electron chi connectivity index (χ0n) is 7.68. The first-order valence-electron chi connectivity index (χ1n) is 4.52. The fraction of sp³-hybridized carbons (Fsp3) is 0. The van der Waals surface area contributed by atoms with E-state index in [0.717, 1.165) is 21.2 Å². The van der Waals surface area contributed by atoms with E-state index < -0.39 is 0 Å². The summed E-state index contributed by atoms with van der Waals surface area (Å²) >= 11 is 6.08. The van der Waals surface area contributed by atoms with E-state index in [2.05, 4.69) is 4.98 Å². The molecule has 2 aliphatic rings. The molecule has 2 aliphatic heterocycles. The molecule has 2 heterocycles. The van der Waals surface area contributed by atoms with Gasteiger partial charge in [-0.1, -0.05) is 29.8 Å². The van der Waals surface area contributed by atoms with Crippen molar-refractivity contribution in [3.05, 3.63) is 41.6 Å². The van der Waals surface area contributed by atoms with E-state index in [4.69, 9.17) is 11.6 Å². The van der Waals surface area contributed by atoms with Gasteiger partial charge in [0.05, 0.1) is 10.5 Å². The molecule has 0 fully saturated rings. The van der Waals surface area contributed by atoms with E-state index in [1.807, 2.05) is 24.3 Å². The summed E-state index contributed by atoms with van der Waals surface area (Å²) in [7, 11) is 0. The van der Waals surface area contributed by atoms with Crippen LogP contribution in [0.25, 0.3) is 22.3 Å². The molecular formula is C11H7ClN2O. The molecule has 1 aromatic rings. The summed E-state index contributed by atoms with van der Waals surface area (Å²) in [5.41, 5.74) is 1.63. The molecule has 15 heavy (non-hydrogen) atoms. The molecule has 1 N–H and O–H groups in total. The average Bonchev–Trinajstić information content (AvgIpc) is 2.64. The second kappa shape index (κ2) is 2.87. The van der Waals surface area contributed by atoms with Gasteiger partial charge in [0.1, 0.15) is 0 Å². The van der Waals surface area contributed by atoms with Gasteiger partial charge >= 0.3 is 0 Å². The molecule has 0 spiro atoms. The summed E-state index contributed by atoms with van der Waals surface area (Å²) in [4.78, 5) is 4.30. The Hall–Kier alpha value is -1.74. The van der Waals surface area contributed by atoms with Gasteiger partial charge in [0.15, 0.2) is 5.82 Å². The lowest BCUT2D eigenvalue weighted by Gasteiger charge is -2.05. The van der Waals surface area contributed by atoms with Crippen LogP contribution in [0.4, 0.5) is 0 Å². The van der Waals surface area contributed by atoms with Crippen molar-refractivity contribution in [3.8, 4) is 11.4 Å². The Bertz CT molecular complexity index is 617. The average molecular weight is 219 g/mol. The van der Waals surface area contributed by atoms with Gasteiger partial charge in [0.2, 0.25) is 0 Å². The minimum atomic E-state index is 0.490. The highest BCUT2D eigenvalue weighted by molar-refractivity contribution is 6.34. The number of hydrogen-bond donors (Lipinski definition) is 1. The van der Waals surface area contributed by atoms with Crippen molar-refractivity contribution in [1.82, 2.24) is 9.71 Å². The highest BCUT2D eigenvalue weighted by Crippen LogP contribution is 2.35. The Balaban J connectivity index is 2.57. The van der Waals surface area contributed by atoms with Gasteiger partial charge in [0, 0.05) is 17.1 Å². The Labute approximate surface area is 90.8 Å². The largest absolute Gasteiger partial charge is 0.427 e. The van der Waals surface area contributed by atoms with E-state index in [1.165, 1.54) is 6.20 Å². The van der Waals surface area contributed by atoms with Gasteiger partial charge in [-0.25, -0.2) is 4.98 Å². The van der Waals surface area contributed by atoms with Crippen LogP contribution in [0.3, 0.4) is 0 Å². The topological polar surface area (TPSA) is 38.0 Å². The van der Waals surface area contributed by atoms with Crippen LogP contribution >= 0.6 is 11.6 Å². The maximum Gasteiger partial charge on any atom is 0.177 e. The molecule has 0 radical (unpaired) electrons. The third kappa shape index (κ3) is 1.10. The highest BCUT2D eigenvalue weighted by Gasteiger charge is 2.17. The fourth-order valence-corrected chi connectivity index (χ4v) is 2.01. The van der Waals surface area contributed by atoms with Crippen molar-refractivity contribution in [1.29, 1.82) is 0 Å². The number of aromatic nitrogens is 2. The standard InChI is InChI=1S/C11H7ClN2O/c12-8-5-6-14(15)11-10(8)7-3-1-2-4-9(7)13-11/h1-6,15H. The zero-order valence-corrected chi connectivity index (χ0v) is 8.44. The predicted molar refractivity (Wildman–Crippen MR) is 58.5 cm³/mol. The van der Waals surface area contributed by atoms with E-state index in [1.54, 1.807) is 6.07 Å². The highest BCUT2D eigenvalue weighted by atomic mass is 35.5. The summed E-state index contributed by atoms with van der Waals surface area (Å²) < 4.78 is 0.987. The maximum atomic E-state index is 9.59. The molecule has 0 aromatic heterocycles. The number of hydrogen-bond acceptors (Lipinski definition) is 2. The first kappa shape index (κ1) is 8.56. The van der Waals surface area contributed by atoms with Gasteiger partial charge in [0.25, 0.3) is 0 Å². The van der Waals surface area contributed by atoms with E-state index in [0.29, 0.717) is 10.8 Å². The van der Waals surface area contributed by atoms with Crippen LogP contribution in [0, 0.1) is 0 Å². The first-order valence-corrected chi connectivity index (χ1v) is 4.90. The van der Waals surface area contributed by atoms with Crippen LogP contribution in [0.1, 0.15) is 0 Å². The monoisotopic (exact) mass is 218 g/mol. The summed E-state index contributed by atoms with van der Waals surface area (Å²) in [5.74, 6) is 0.490. The molecule has 74 valence electrons. The molecule has 4 heteroatoms. The number of benzene rings is 1. The van der Waals surface area contributed by atoms with Crippen molar-refractivity contribution >= 4 is 22.5 Å². The second-order valence-corrected chi connectivity index (χ2v) is 3.74. The molecule has 1 aromatic carbocycles. The van der Waals surface area contributed by atoms with Crippen LogP contribution in [-0.2, 0) is 0 Å². The predicted octanol–water partition coefficient (Wildman–Crippen LogP) is 3.03. The number of fused-ring (bicyclic) bond motifs is 3. The summed E-state index contributed by atoms with van der Waals surface area (Å²) in [6, 6.07) is 9.32. The Morgan fingerprint density at radius 2 is 2.00 bits per heavy atom. The molecule has 3 nitrogen and oxygen atoms in total. The Kier molecular flexibility index (Phi) is 1.64. The molecule has 0 saturated carbocycles. The van der Waals surface area contributed by atoms with Gasteiger partial charge in [-0.2, -0.15) is 4.73 Å². The molecule has 0 amide bonds. The number of halogens is 1. The lowest BCUT2D eigenvalue weighted by atomic mass is 10.1. The van der Waals surface area contributed by atoms with Crippen LogP contribution in [0.15, 0.2) is 36.5 Å². The van der Waals surface area contributed by atoms with Gasteiger partial charge < -0.3 is 5.21 Å². The van der Waals surface area contributed by atoms with Crippen molar-refractivity contribution in [2.24, 2.45) is 0 Å². The van der Waals surface area contributed by atoms with Gasteiger partial charge in [-0.05, 0) is 12.1 Å². The molecule has 0 unspecified atom stereocenters. The smallest absolute Gasteiger partial charge is 0.177 e. The van der Waals surface area contributed by atoms with Crippen molar-refractivity contribution in [3.63, 3.8) is 0 Å². The van der Waals surface area contributed by atoms with Crippen molar-refractivity contribution in [2.75, 3.05) is 0 Å². The fourth-order valence-electron chi connectivity index (χ4n) is 1.76. The first-order chi connectivity index (χ1) is 7.27. The van der Waals surface area contributed by atoms with Crippen LogP contribution in [0.2, 0.25) is 5.02 Å². The number of nitrogens with zero attached hydrogens (tertiary/aromatic N) is 2. The Morgan fingerprint density at radius 1 is 1.20 bits per heavy atom. The molecular weight excluding hydrogens is 212 g/mol. The van der Waals surface area contributed by atoms with Crippen LogP contribution < -0.4 is 0 Å². The third-order valence-electron chi connectivity index (χ3n) is 2.44. The molecule has 0 atom stereocenters. The molecule has 0 bridgehead atoms. The van der Waals surface area contributed by atoms with Gasteiger partial charge in [-0.15, -0.1) is 0 Å². The van der Waals surface area contributed by atoms with E-state index in [9.17, 15) is 5.21 Å². The zero-order chi connectivity index (χ0) is 10.4. The van der Waals surface area contributed by atoms with Crippen molar-refractivity contribution < 1.29 is 5.21 Å². The summed E-state index contributed by atoms with van der Waals surface area (Å²) in [6.45, 7) is 0. The molecule has 0 aliphatic carbocycles. The second-order valence-electron chi connectivity index (χ2n) is 3.34. The van der Waals surface area contributed by atoms with Crippen LogP contribution in [-0.4, -0.2) is 14.9 Å². The van der Waals surface area contributed by atoms with E-state index in [-0.39, 0.29) is 0 Å². The third-order valence-corrected chi connectivity index (χ3v) is 2.76. The lowest BCUT2D eigenvalue weighted by molar-refractivity contribution is 0.187. The summed E-state index contributed by atoms with van der Waals surface area (Å²) in [5, 5.41) is 11.2. The number of rotatable bonds is 0. The number of pyridine rings is 1. The van der Waals surface area contributed by atoms with Crippen molar-refractivity contribution in [2.45, 2.75) is 0 Å². The molecule has 3 rings (SSSR count). The normalized spacial score (nSPS) is 11.3. The van der Waals surface area contributed by atoms with Crippen LogP contribution in [0.5, 0.6) is 0 Å². The lowest BCUT2D eigenvalue weighted by Crippen LogP contribution is -1.97. The summed E-state index contributed by atoms with van der Waals surface area (Å²) in [6.07, 6.45) is 1.48. The maximum absolute atomic E-state index is 9.59. The SMILES string of the molecule is On1ccc(Cl)c2c3ccccc3nc1-2. The Morgan fingerprint density at radius 3 is 2.87 bits per heavy atom. The quantitative estimate of drug-likeness (QED) is 0.589. The number of para-hydroxylation sites is 1. The van der Waals surface area contributed by atoms with Gasteiger partial charge in [-0.3, -0.25) is 0 Å². The van der Waals surface area contributed by atoms with E-state index >= 15 is 0 Å². The minimum Gasteiger partial charge on any atom is -0.427 e. The molecule has 0 saturated heterocycles. The minimum absolute atomic E-state index is 0.490.